The molecule has 0 saturated carbocycles. The number of carbonyl (C=O) groups is 1. The second-order valence-corrected chi connectivity index (χ2v) is 7.06. The van der Waals surface area contributed by atoms with E-state index in [-0.39, 0.29) is 17.9 Å². The SMILES string of the molecule is N#Cc1cccnc1N1CCC(NC(=O)C2CCCCn3nnnc32)CC1. The smallest absolute Gasteiger partial charge is 0.231 e. The summed E-state index contributed by atoms with van der Waals surface area (Å²) in [5.74, 6) is 1.14. The number of fused-ring (bicyclic) bond motifs is 1. The number of anilines is 1. The quantitative estimate of drug-likeness (QED) is 0.862. The molecule has 27 heavy (non-hydrogen) atoms. The number of rotatable bonds is 3. The number of hydrogen-bond donors (Lipinski definition) is 1. The van der Waals surface area contributed by atoms with E-state index in [9.17, 15) is 10.1 Å². The Morgan fingerprint density at radius 2 is 2.07 bits per heavy atom. The maximum Gasteiger partial charge on any atom is 0.231 e. The summed E-state index contributed by atoms with van der Waals surface area (Å²) in [5.41, 5.74) is 0.588. The third-order valence-electron chi connectivity index (χ3n) is 5.35. The summed E-state index contributed by atoms with van der Waals surface area (Å²) >= 11 is 0. The van der Waals surface area contributed by atoms with Crippen LogP contribution in [0.4, 0.5) is 5.82 Å². The van der Waals surface area contributed by atoms with E-state index in [1.54, 1.807) is 23.0 Å². The zero-order chi connectivity index (χ0) is 18.6. The van der Waals surface area contributed by atoms with E-state index in [1.807, 2.05) is 0 Å². The van der Waals surface area contributed by atoms with Crippen LogP contribution in [-0.4, -0.2) is 50.2 Å². The van der Waals surface area contributed by atoms with Crippen LogP contribution >= 0.6 is 0 Å². The number of aryl methyl sites for hydroxylation is 1. The molecule has 9 nitrogen and oxygen atoms in total. The second-order valence-electron chi connectivity index (χ2n) is 7.06. The number of piperidine rings is 1. The molecule has 2 aliphatic heterocycles. The standard InChI is InChI=1S/C18H22N8O/c19-12-13-4-3-8-20-16(13)25-10-6-14(7-11-25)21-18(27)15-5-1-2-9-26-17(15)22-23-24-26/h3-4,8,14-15H,1-2,5-7,9-11H2,(H,21,27). The largest absolute Gasteiger partial charge is 0.355 e. The molecule has 2 aromatic rings. The minimum atomic E-state index is -0.276. The van der Waals surface area contributed by atoms with E-state index in [0.717, 1.165) is 57.6 Å². The molecule has 2 aliphatic rings. The number of pyridine rings is 1. The van der Waals surface area contributed by atoms with Gasteiger partial charge in [0.1, 0.15) is 11.9 Å². The van der Waals surface area contributed by atoms with Crippen LogP contribution in [0.15, 0.2) is 18.3 Å². The lowest BCUT2D eigenvalue weighted by molar-refractivity contribution is -0.123. The topological polar surface area (TPSA) is 113 Å². The fourth-order valence-electron chi connectivity index (χ4n) is 3.88. The first kappa shape index (κ1) is 17.4. The first-order valence-corrected chi connectivity index (χ1v) is 9.43. The fourth-order valence-corrected chi connectivity index (χ4v) is 3.88. The van der Waals surface area contributed by atoms with Gasteiger partial charge in [-0.25, -0.2) is 9.67 Å². The second kappa shape index (κ2) is 7.70. The predicted molar refractivity (Wildman–Crippen MR) is 96.7 cm³/mol. The lowest BCUT2D eigenvalue weighted by atomic mass is 9.99. The summed E-state index contributed by atoms with van der Waals surface area (Å²) in [6.45, 7) is 2.30. The van der Waals surface area contributed by atoms with Gasteiger partial charge in [0.2, 0.25) is 5.91 Å². The van der Waals surface area contributed by atoms with Crippen molar-refractivity contribution < 1.29 is 4.79 Å². The lowest BCUT2D eigenvalue weighted by Crippen LogP contribution is -2.46. The molecule has 1 unspecified atom stereocenters. The number of nitrogens with zero attached hydrogens (tertiary/aromatic N) is 7. The molecule has 1 N–H and O–H groups in total. The first-order valence-electron chi connectivity index (χ1n) is 9.43. The summed E-state index contributed by atoms with van der Waals surface area (Å²) in [6.07, 6.45) is 6.12. The summed E-state index contributed by atoms with van der Waals surface area (Å²) in [7, 11) is 0. The molecule has 140 valence electrons. The lowest BCUT2D eigenvalue weighted by Gasteiger charge is -2.34. The van der Waals surface area contributed by atoms with Crippen LogP contribution in [0.5, 0.6) is 0 Å². The number of nitrogens with one attached hydrogen (secondary N) is 1. The molecule has 4 heterocycles. The molecule has 4 rings (SSSR count). The Balaban J connectivity index is 1.37. The van der Waals surface area contributed by atoms with E-state index in [1.165, 1.54) is 0 Å². The van der Waals surface area contributed by atoms with Crippen molar-refractivity contribution in [1.82, 2.24) is 30.5 Å². The van der Waals surface area contributed by atoms with Gasteiger partial charge in [-0.3, -0.25) is 4.79 Å². The van der Waals surface area contributed by atoms with Gasteiger partial charge in [0, 0.05) is 31.9 Å². The molecule has 0 aromatic carbocycles. The average molecular weight is 366 g/mol. The van der Waals surface area contributed by atoms with E-state index < -0.39 is 0 Å². The Hall–Kier alpha value is -3.02. The number of aromatic nitrogens is 5. The third-order valence-corrected chi connectivity index (χ3v) is 5.35. The van der Waals surface area contributed by atoms with E-state index in [0.29, 0.717) is 11.4 Å². The van der Waals surface area contributed by atoms with Crippen molar-refractivity contribution in [3.8, 4) is 6.07 Å². The van der Waals surface area contributed by atoms with Crippen LogP contribution < -0.4 is 10.2 Å². The average Bonchev–Trinajstić information content (AvgIpc) is 3.07. The van der Waals surface area contributed by atoms with Crippen molar-refractivity contribution in [2.45, 2.75) is 50.6 Å². The number of hydrogen-bond acceptors (Lipinski definition) is 7. The maximum atomic E-state index is 12.8. The van der Waals surface area contributed by atoms with Crippen molar-refractivity contribution in [1.29, 1.82) is 5.26 Å². The van der Waals surface area contributed by atoms with Gasteiger partial charge in [-0.15, -0.1) is 5.10 Å². The van der Waals surface area contributed by atoms with Crippen molar-refractivity contribution in [2.24, 2.45) is 0 Å². The Labute approximate surface area is 157 Å². The summed E-state index contributed by atoms with van der Waals surface area (Å²) in [5, 5.41) is 24.2. The van der Waals surface area contributed by atoms with E-state index in [2.05, 4.69) is 36.8 Å². The van der Waals surface area contributed by atoms with E-state index >= 15 is 0 Å². The minimum Gasteiger partial charge on any atom is -0.355 e. The first-order chi connectivity index (χ1) is 13.3. The van der Waals surface area contributed by atoms with Crippen molar-refractivity contribution in [3.63, 3.8) is 0 Å². The summed E-state index contributed by atoms with van der Waals surface area (Å²) in [6, 6.07) is 5.88. The van der Waals surface area contributed by atoms with Crippen LogP contribution in [0.2, 0.25) is 0 Å². The highest BCUT2D eigenvalue weighted by atomic mass is 16.2. The fraction of sp³-hybridized carbons (Fsp3) is 0.556. The monoisotopic (exact) mass is 366 g/mol. The third kappa shape index (κ3) is 3.60. The molecular weight excluding hydrogens is 344 g/mol. The van der Waals surface area contributed by atoms with Gasteiger partial charge in [0.25, 0.3) is 0 Å². The molecule has 1 saturated heterocycles. The molecule has 0 radical (unpaired) electrons. The van der Waals surface area contributed by atoms with Crippen molar-refractivity contribution in [2.75, 3.05) is 18.0 Å². The van der Waals surface area contributed by atoms with Crippen LogP contribution in [0.25, 0.3) is 0 Å². The van der Waals surface area contributed by atoms with Gasteiger partial charge in [-0.05, 0) is 48.2 Å². The number of carbonyl (C=O) groups excluding carboxylic acids is 1. The highest BCUT2D eigenvalue weighted by Gasteiger charge is 2.31. The highest BCUT2D eigenvalue weighted by molar-refractivity contribution is 5.83. The summed E-state index contributed by atoms with van der Waals surface area (Å²) in [4.78, 5) is 19.3. The van der Waals surface area contributed by atoms with Crippen LogP contribution in [0.3, 0.4) is 0 Å². The van der Waals surface area contributed by atoms with Gasteiger partial charge < -0.3 is 10.2 Å². The Kier molecular flexibility index (Phi) is 4.96. The van der Waals surface area contributed by atoms with Gasteiger partial charge in [-0.2, -0.15) is 5.26 Å². The number of tetrazole rings is 1. The maximum absolute atomic E-state index is 12.8. The molecule has 0 spiro atoms. The Morgan fingerprint density at radius 3 is 2.89 bits per heavy atom. The van der Waals surface area contributed by atoms with Gasteiger partial charge in [0.15, 0.2) is 5.82 Å². The van der Waals surface area contributed by atoms with Crippen LogP contribution in [0.1, 0.15) is 49.4 Å². The molecule has 1 amide bonds. The minimum absolute atomic E-state index is 0.0157. The number of nitriles is 1. The zero-order valence-corrected chi connectivity index (χ0v) is 15.1. The molecule has 1 atom stereocenters. The highest BCUT2D eigenvalue weighted by Crippen LogP contribution is 2.25. The number of amides is 1. The molecule has 0 bridgehead atoms. The van der Waals surface area contributed by atoms with Gasteiger partial charge in [0.05, 0.1) is 11.5 Å². The zero-order valence-electron chi connectivity index (χ0n) is 15.1. The van der Waals surface area contributed by atoms with Gasteiger partial charge >= 0.3 is 0 Å². The van der Waals surface area contributed by atoms with Crippen molar-refractivity contribution >= 4 is 11.7 Å². The summed E-state index contributed by atoms with van der Waals surface area (Å²) < 4.78 is 1.75. The molecule has 1 fully saturated rings. The van der Waals surface area contributed by atoms with Crippen molar-refractivity contribution in [3.05, 3.63) is 29.7 Å². The molecule has 2 aromatic heterocycles. The Morgan fingerprint density at radius 1 is 1.22 bits per heavy atom. The Bertz CT molecular complexity index is 849. The normalized spacial score (nSPS) is 20.4. The van der Waals surface area contributed by atoms with E-state index in [4.69, 9.17) is 0 Å². The van der Waals surface area contributed by atoms with Crippen LogP contribution in [-0.2, 0) is 11.3 Å². The predicted octanol–water partition coefficient (Wildman–Crippen LogP) is 0.992. The molecular formula is C18H22N8O. The van der Waals surface area contributed by atoms with Crippen LogP contribution in [0, 0.1) is 11.3 Å². The molecule has 9 heteroatoms. The van der Waals surface area contributed by atoms with Gasteiger partial charge in [-0.1, -0.05) is 6.42 Å². The molecule has 0 aliphatic carbocycles.